The molecule has 0 spiro atoms. The first-order chi connectivity index (χ1) is 7.52. The number of ether oxygens (including phenoxy) is 1. The van der Waals surface area contributed by atoms with E-state index in [1.54, 1.807) is 7.05 Å². The lowest BCUT2D eigenvalue weighted by Crippen LogP contribution is -2.20. The second-order valence-corrected chi connectivity index (χ2v) is 3.90. The minimum absolute atomic E-state index is 0.0425. The number of phenols is 1. The lowest BCUT2D eigenvalue weighted by molar-refractivity contribution is 0.0986. The fourth-order valence-electron chi connectivity index (χ4n) is 1.30. The molecule has 0 aromatic heterocycles. The molecule has 0 amide bonds. The molecule has 2 N–H and O–H groups in total. The summed E-state index contributed by atoms with van der Waals surface area (Å²) in [5, 5.41) is 12.3. The second kappa shape index (κ2) is 5.27. The highest BCUT2D eigenvalue weighted by Gasteiger charge is 2.22. The average molecular weight is 292 g/mol. The van der Waals surface area contributed by atoms with Gasteiger partial charge in [0.05, 0.1) is 18.1 Å². The summed E-state index contributed by atoms with van der Waals surface area (Å²) in [6, 6.07) is 1.08. The van der Waals surface area contributed by atoms with Crippen LogP contribution in [0.15, 0.2) is 10.5 Å². The Morgan fingerprint density at radius 3 is 2.81 bits per heavy atom. The molecule has 1 aromatic carbocycles. The van der Waals surface area contributed by atoms with Crippen molar-refractivity contribution in [3.63, 3.8) is 0 Å². The Hall–Kier alpha value is -1.14. The number of aromatic hydroxyl groups is 1. The molecule has 1 aromatic rings. The third-order valence-electron chi connectivity index (χ3n) is 1.98. The van der Waals surface area contributed by atoms with E-state index < -0.39 is 17.3 Å². The molecule has 16 heavy (non-hydrogen) atoms. The van der Waals surface area contributed by atoms with Crippen molar-refractivity contribution < 1.29 is 19.0 Å². The van der Waals surface area contributed by atoms with Crippen LogP contribution in [0.4, 0.5) is 4.39 Å². The molecule has 0 fully saturated rings. The monoisotopic (exact) mass is 291 g/mol. The van der Waals surface area contributed by atoms with Gasteiger partial charge in [0.2, 0.25) is 0 Å². The number of carbonyl (C=O) groups excluding carboxylic acids is 1. The third-order valence-corrected chi connectivity index (χ3v) is 2.57. The molecular weight excluding hydrogens is 281 g/mol. The number of Topliss-reactive ketones (excluding diaryl/α,β-unsaturated/α-hetero) is 1. The number of ketones is 1. The highest BCUT2D eigenvalue weighted by molar-refractivity contribution is 9.10. The van der Waals surface area contributed by atoms with Gasteiger partial charge in [0.25, 0.3) is 0 Å². The Labute approximate surface area is 101 Å². The highest BCUT2D eigenvalue weighted by Crippen LogP contribution is 2.38. The van der Waals surface area contributed by atoms with Gasteiger partial charge in [-0.2, -0.15) is 0 Å². The molecule has 0 heterocycles. The van der Waals surface area contributed by atoms with Crippen LogP contribution in [0, 0.1) is 5.82 Å². The summed E-state index contributed by atoms with van der Waals surface area (Å²) in [6.45, 7) is -0.0603. The molecule has 0 radical (unpaired) electrons. The molecule has 0 bridgehead atoms. The van der Waals surface area contributed by atoms with Gasteiger partial charge in [-0.25, -0.2) is 4.39 Å². The number of methoxy groups -OCH3 is 1. The molecule has 4 nitrogen and oxygen atoms in total. The number of rotatable bonds is 4. The van der Waals surface area contributed by atoms with E-state index in [1.807, 2.05) is 0 Å². The van der Waals surface area contributed by atoms with Crippen molar-refractivity contribution in [2.75, 3.05) is 20.7 Å². The van der Waals surface area contributed by atoms with E-state index in [1.165, 1.54) is 7.11 Å². The first-order valence-corrected chi connectivity index (χ1v) is 5.25. The molecule has 0 atom stereocenters. The summed E-state index contributed by atoms with van der Waals surface area (Å²) in [5.41, 5.74) is -0.366. The zero-order chi connectivity index (χ0) is 12.3. The van der Waals surface area contributed by atoms with E-state index in [0.29, 0.717) is 0 Å². The van der Waals surface area contributed by atoms with Crippen molar-refractivity contribution in [2.24, 2.45) is 0 Å². The van der Waals surface area contributed by atoms with Gasteiger partial charge in [-0.1, -0.05) is 0 Å². The van der Waals surface area contributed by atoms with Gasteiger partial charge in [-0.05, 0) is 29.0 Å². The highest BCUT2D eigenvalue weighted by atomic mass is 79.9. The van der Waals surface area contributed by atoms with Gasteiger partial charge in [-0.3, -0.25) is 4.79 Å². The molecule has 0 saturated heterocycles. The Morgan fingerprint density at radius 1 is 1.69 bits per heavy atom. The summed E-state index contributed by atoms with van der Waals surface area (Å²) in [7, 11) is 2.88. The predicted octanol–water partition coefficient (Wildman–Crippen LogP) is 1.70. The van der Waals surface area contributed by atoms with Crippen molar-refractivity contribution >= 4 is 21.7 Å². The van der Waals surface area contributed by atoms with E-state index in [-0.39, 0.29) is 22.3 Å². The molecule has 0 aliphatic rings. The first kappa shape index (κ1) is 12.9. The number of halogens is 2. The maximum Gasteiger partial charge on any atom is 0.183 e. The number of benzene rings is 1. The minimum Gasteiger partial charge on any atom is -0.504 e. The van der Waals surface area contributed by atoms with E-state index in [9.17, 15) is 14.3 Å². The van der Waals surface area contributed by atoms with Crippen molar-refractivity contribution in [3.05, 3.63) is 21.9 Å². The van der Waals surface area contributed by atoms with Crippen LogP contribution in [0.5, 0.6) is 11.5 Å². The van der Waals surface area contributed by atoms with Gasteiger partial charge >= 0.3 is 0 Å². The van der Waals surface area contributed by atoms with Gasteiger partial charge in [0.1, 0.15) is 11.4 Å². The molecule has 0 unspecified atom stereocenters. The molecule has 1 rings (SSSR count). The zero-order valence-corrected chi connectivity index (χ0v) is 10.4. The summed E-state index contributed by atoms with van der Waals surface area (Å²) in [4.78, 5) is 11.5. The SMILES string of the molecule is CNCC(=O)c1c(F)cc(Br)c(OC)c1O. The second-order valence-electron chi connectivity index (χ2n) is 3.05. The standard InChI is InChI=1S/C10H11BrFNO3/c1-13-4-7(14)8-6(12)3-5(11)10(16-2)9(8)15/h3,13,15H,4H2,1-2H3. The lowest BCUT2D eigenvalue weighted by atomic mass is 10.1. The van der Waals surface area contributed by atoms with Crippen molar-refractivity contribution in [1.29, 1.82) is 0 Å². The zero-order valence-electron chi connectivity index (χ0n) is 8.80. The fraction of sp³-hybridized carbons (Fsp3) is 0.300. The number of phenolic OH excluding ortho intramolecular Hbond substituents is 1. The Kier molecular flexibility index (Phi) is 4.26. The van der Waals surface area contributed by atoms with E-state index in [2.05, 4.69) is 21.2 Å². The topological polar surface area (TPSA) is 58.6 Å². The van der Waals surface area contributed by atoms with Gasteiger partial charge in [0, 0.05) is 0 Å². The Bertz CT molecular complexity index is 423. The molecule has 6 heteroatoms. The van der Waals surface area contributed by atoms with Crippen molar-refractivity contribution in [1.82, 2.24) is 5.32 Å². The Morgan fingerprint density at radius 2 is 2.31 bits per heavy atom. The van der Waals surface area contributed by atoms with E-state index >= 15 is 0 Å². The number of likely N-dealkylation sites (N-methyl/N-ethyl adjacent to an activating group) is 1. The molecule has 0 aliphatic heterocycles. The van der Waals surface area contributed by atoms with Crippen LogP contribution in [0.2, 0.25) is 0 Å². The number of nitrogens with one attached hydrogen (secondary N) is 1. The molecule has 0 aliphatic carbocycles. The molecule has 88 valence electrons. The van der Waals surface area contributed by atoms with Crippen molar-refractivity contribution in [3.8, 4) is 11.5 Å². The van der Waals surface area contributed by atoms with Gasteiger partial charge in [-0.15, -0.1) is 0 Å². The van der Waals surface area contributed by atoms with Crippen LogP contribution in [0.3, 0.4) is 0 Å². The van der Waals surface area contributed by atoms with Crippen LogP contribution in [-0.4, -0.2) is 31.6 Å². The summed E-state index contributed by atoms with van der Waals surface area (Å²) >= 11 is 3.03. The summed E-state index contributed by atoms with van der Waals surface area (Å²) in [5.74, 6) is -1.77. The first-order valence-electron chi connectivity index (χ1n) is 4.45. The summed E-state index contributed by atoms with van der Waals surface area (Å²) < 4.78 is 18.6. The molecular formula is C10H11BrFNO3. The average Bonchev–Trinajstić information content (AvgIpc) is 2.17. The normalized spacial score (nSPS) is 10.2. The fourth-order valence-corrected chi connectivity index (χ4v) is 1.85. The van der Waals surface area contributed by atoms with Crippen LogP contribution in [0.1, 0.15) is 10.4 Å². The third kappa shape index (κ3) is 2.33. The van der Waals surface area contributed by atoms with E-state index in [4.69, 9.17) is 4.74 Å². The Balaban J connectivity index is 3.33. The van der Waals surface area contributed by atoms with Gasteiger partial charge in [0.15, 0.2) is 17.3 Å². The largest absolute Gasteiger partial charge is 0.504 e. The number of hydrogen-bond acceptors (Lipinski definition) is 4. The molecule has 0 saturated carbocycles. The van der Waals surface area contributed by atoms with Crippen LogP contribution in [-0.2, 0) is 0 Å². The van der Waals surface area contributed by atoms with Crippen LogP contribution >= 0.6 is 15.9 Å². The number of carbonyl (C=O) groups is 1. The maximum atomic E-state index is 13.5. The summed E-state index contributed by atoms with van der Waals surface area (Å²) in [6.07, 6.45) is 0. The van der Waals surface area contributed by atoms with E-state index in [0.717, 1.165) is 6.07 Å². The lowest BCUT2D eigenvalue weighted by Gasteiger charge is -2.11. The predicted molar refractivity (Wildman–Crippen MR) is 60.6 cm³/mol. The number of hydrogen-bond donors (Lipinski definition) is 2. The van der Waals surface area contributed by atoms with Crippen LogP contribution in [0.25, 0.3) is 0 Å². The van der Waals surface area contributed by atoms with Gasteiger partial charge < -0.3 is 15.2 Å². The minimum atomic E-state index is -0.787. The smallest absolute Gasteiger partial charge is 0.183 e. The maximum absolute atomic E-state index is 13.5. The van der Waals surface area contributed by atoms with Crippen molar-refractivity contribution in [2.45, 2.75) is 0 Å². The quantitative estimate of drug-likeness (QED) is 0.829. The van der Waals surface area contributed by atoms with Crippen LogP contribution < -0.4 is 10.1 Å².